The summed E-state index contributed by atoms with van der Waals surface area (Å²) in [6, 6.07) is 6.06. The summed E-state index contributed by atoms with van der Waals surface area (Å²) in [5.41, 5.74) is 5.41. The molecule has 1 aromatic rings. The molecule has 0 radical (unpaired) electrons. The van der Waals surface area contributed by atoms with Crippen molar-refractivity contribution in [2.24, 2.45) is 0 Å². The Hall–Kier alpha value is -1.71. The summed E-state index contributed by atoms with van der Waals surface area (Å²) < 4.78 is 27.4. The number of amides is 1. The lowest BCUT2D eigenvalue weighted by molar-refractivity contribution is 0.0943. The Morgan fingerprint density at radius 2 is 2.04 bits per heavy atom. The van der Waals surface area contributed by atoms with Crippen LogP contribution in [-0.4, -0.2) is 42.9 Å². The number of hydrazine groups is 1. The fourth-order valence-electron chi connectivity index (χ4n) is 3.17. The fraction of sp³-hybridized carbons (Fsp3) is 0.579. The van der Waals surface area contributed by atoms with Crippen LogP contribution in [-0.2, 0) is 10.0 Å². The monoisotopic (exact) mass is 426 g/mol. The van der Waals surface area contributed by atoms with E-state index in [4.69, 9.17) is 12.2 Å². The van der Waals surface area contributed by atoms with Gasteiger partial charge in [-0.2, -0.15) is 4.31 Å². The third-order valence-corrected chi connectivity index (χ3v) is 7.06. The zero-order chi connectivity index (χ0) is 20.6. The standard InChI is InChI=1S/C19H30N4O3S2/c1-3-4-6-12-20-19(27)22-21-18(24)16-10-8-11-17(14-16)28(25,26)23-13-7-5-9-15(23)2/h8,10-11,14-15H,3-7,9,12-13H2,1-2H3,(H,21,24)(H2,20,22,27)/t15-/m0/s1. The van der Waals surface area contributed by atoms with E-state index in [1.807, 2.05) is 6.92 Å². The number of rotatable bonds is 7. The Labute approximate surface area is 173 Å². The van der Waals surface area contributed by atoms with Gasteiger partial charge in [-0.15, -0.1) is 0 Å². The minimum absolute atomic E-state index is 0.0333. The molecule has 1 aromatic carbocycles. The van der Waals surface area contributed by atoms with Crippen molar-refractivity contribution in [1.82, 2.24) is 20.5 Å². The molecule has 0 aliphatic carbocycles. The van der Waals surface area contributed by atoms with Gasteiger partial charge in [0.15, 0.2) is 5.11 Å². The van der Waals surface area contributed by atoms with Gasteiger partial charge in [0, 0.05) is 24.7 Å². The first kappa shape index (κ1) is 22.6. The van der Waals surface area contributed by atoms with Gasteiger partial charge in [-0.1, -0.05) is 32.3 Å². The molecule has 0 unspecified atom stereocenters. The molecule has 2 rings (SSSR count). The van der Waals surface area contributed by atoms with Gasteiger partial charge >= 0.3 is 0 Å². The number of sulfonamides is 1. The van der Waals surface area contributed by atoms with E-state index >= 15 is 0 Å². The van der Waals surface area contributed by atoms with Crippen LogP contribution in [0.15, 0.2) is 29.2 Å². The average molecular weight is 427 g/mol. The van der Waals surface area contributed by atoms with Crippen LogP contribution in [0.4, 0.5) is 0 Å². The largest absolute Gasteiger partial charge is 0.361 e. The Balaban J connectivity index is 1.98. The SMILES string of the molecule is CCCCCNC(=S)NNC(=O)c1cccc(S(=O)(=O)N2CCCC[C@@H]2C)c1. The first-order valence-electron chi connectivity index (χ1n) is 9.82. The van der Waals surface area contributed by atoms with Gasteiger partial charge in [0.2, 0.25) is 10.0 Å². The van der Waals surface area contributed by atoms with E-state index in [0.29, 0.717) is 11.7 Å². The van der Waals surface area contributed by atoms with Crippen molar-refractivity contribution in [3.8, 4) is 0 Å². The lowest BCUT2D eigenvalue weighted by Crippen LogP contribution is -2.47. The van der Waals surface area contributed by atoms with Gasteiger partial charge in [0.25, 0.3) is 5.91 Å². The maximum atomic E-state index is 13.0. The van der Waals surface area contributed by atoms with E-state index < -0.39 is 15.9 Å². The van der Waals surface area contributed by atoms with Crippen LogP contribution in [0.1, 0.15) is 62.7 Å². The van der Waals surface area contributed by atoms with E-state index in [2.05, 4.69) is 23.1 Å². The molecule has 1 fully saturated rings. The molecule has 0 bridgehead atoms. The van der Waals surface area contributed by atoms with Crippen LogP contribution in [0, 0.1) is 0 Å². The summed E-state index contributed by atoms with van der Waals surface area (Å²) in [4.78, 5) is 12.5. The Bertz CT molecular complexity index is 783. The molecule has 1 heterocycles. The molecule has 1 amide bonds. The normalized spacial score (nSPS) is 17.7. The van der Waals surface area contributed by atoms with Crippen molar-refractivity contribution in [1.29, 1.82) is 0 Å². The zero-order valence-corrected chi connectivity index (χ0v) is 18.2. The third kappa shape index (κ3) is 6.15. The summed E-state index contributed by atoms with van der Waals surface area (Å²) in [6.07, 6.45) is 5.98. The van der Waals surface area contributed by atoms with Gasteiger partial charge in [0.05, 0.1) is 4.90 Å². The summed E-state index contributed by atoms with van der Waals surface area (Å²) in [5.74, 6) is -0.443. The molecule has 0 aromatic heterocycles. The summed E-state index contributed by atoms with van der Waals surface area (Å²) in [5, 5.41) is 3.34. The van der Waals surface area contributed by atoms with Crippen LogP contribution < -0.4 is 16.2 Å². The first-order valence-corrected chi connectivity index (χ1v) is 11.7. The first-order chi connectivity index (χ1) is 13.4. The number of carbonyl (C=O) groups excluding carboxylic acids is 1. The maximum absolute atomic E-state index is 13.0. The van der Waals surface area contributed by atoms with Crippen LogP contribution in [0.2, 0.25) is 0 Å². The highest BCUT2D eigenvalue weighted by Gasteiger charge is 2.31. The molecule has 1 saturated heterocycles. The second kappa shape index (κ2) is 10.7. The van der Waals surface area contributed by atoms with Crippen molar-refractivity contribution < 1.29 is 13.2 Å². The number of benzene rings is 1. The number of nitrogens with zero attached hydrogens (tertiary/aromatic N) is 1. The minimum Gasteiger partial charge on any atom is -0.361 e. The number of unbranched alkanes of at least 4 members (excludes halogenated alkanes) is 2. The quantitative estimate of drug-likeness (QED) is 0.353. The van der Waals surface area contributed by atoms with Gasteiger partial charge in [0.1, 0.15) is 0 Å². The fourth-order valence-corrected chi connectivity index (χ4v) is 5.07. The van der Waals surface area contributed by atoms with E-state index in [0.717, 1.165) is 45.1 Å². The smallest absolute Gasteiger partial charge is 0.269 e. The molecule has 28 heavy (non-hydrogen) atoms. The van der Waals surface area contributed by atoms with Crippen molar-refractivity contribution in [3.05, 3.63) is 29.8 Å². The Kier molecular flexibility index (Phi) is 8.65. The van der Waals surface area contributed by atoms with Gasteiger partial charge in [-0.05, 0) is 56.6 Å². The van der Waals surface area contributed by atoms with E-state index in [1.165, 1.54) is 16.4 Å². The molecule has 156 valence electrons. The molecule has 7 nitrogen and oxygen atoms in total. The van der Waals surface area contributed by atoms with Crippen LogP contribution in [0.5, 0.6) is 0 Å². The number of hydrogen-bond acceptors (Lipinski definition) is 4. The predicted molar refractivity (Wildman–Crippen MR) is 114 cm³/mol. The molecule has 1 atom stereocenters. The molecular weight excluding hydrogens is 396 g/mol. The lowest BCUT2D eigenvalue weighted by Gasteiger charge is -2.32. The summed E-state index contributed by atoms with van der Waals surface area (Å²) >= 11 is 5.12. The highest BCUT2D eigenvalue weighted by molar-refractivity contribution is 7.89. The van der Waals surface area contributed by atoms with E-state index in [1.54, 1.807) is 12.1 Å². The van der Waals surface area contributed by atoms with Crippen molar-refractivity contribution in [2.75, 3.05) is 13.1 Å². The minimum atomic E-state index is -3.62. The number of hydrogen-bond donors (Lipinski definition) is 3. The lowest BCUT2D eigenvalue weighted by atomic mass is 10.1. The Morgan fingerprint density at radius 3 is 2.75 bits per heavy atom. The van der Waals surface area contributed by atoms with Crippen LogP contribution in [0.25, 0.3) is 0 Å². The number of nitrogens with one attached hydrogen (secondary N) is 3. The van der Waals surface area contributed by atoms with Gasteiger partial charge < -0.3 is 5.32 Å². The highest BCUT2D eigenvalue weighted by atomic mass is 32.2. The Morgan fingerprint density at radius 1 is 1.25 bits per heavy atom. The second-order valence-corrected chi connectivity index (χ2v) is 9.33. The summed E-state index contributed by atoms with van der Waals surface area (Å²) in [7, 11) is -3.62. The molecule has 1 aliphatic heterocycles. The second-order valence-electron chi connectivity index (χ2n) is 7.03. The summed E-state index contributed by atoms with van der Waals surface area (Å²) in [6.45, 7) is 5.29. The molecule has 3 N–H and O–H groups in total. The predicted octanol–water partition coefficient (Wildman–Crippen LogP) is 2.55. The van der Waals surface area contributed by atoms with E-state index in [9.17, 15) is 13.2 Å². The number of piperidine rings is 1. The highest BCUT2D eigenvalue weighted by Crippen LogP contribution is 2.25. The molecule has 0 saturated carbocycles. The molecular formula is C19H30N4O3S2. The van der Waals surface area contributed by atoms with Gasteiger partial charge in [-0.3, -0.25) is 15.6 Å². The average Bonchev–Trinajstić information content (AvgIpc) is 2.69. The van der Waals surface area contributed by atoms with Crippen molar-refractivity contribution >= 4 is 33.3 Å². The molecule has 0 spiro atoms. The maximum Gasteiger partial charge on any atom is 0.269 e. The molecule has 9 heteroatoms. The number of carbonyl (C=O) groups is 1. The van der Waals surface area contributed by atoms with Crippen LogP contribution >= 0.6 is 12.2 Å². The van der Waals surface area contributed by atoms with Gasteiger partial charge in [-0.25, -0.2) is 8.42 Å². The third-order valence-electron chi connectivity index (χ3n) is 4.80. The van der Waals surface area contributed by atoms with E-state index in [-0.39, 0.29) is 16.5 Å². The van der Waals surface area contributed by atoms with Crippen molar-refractivity contribution in [2.45, 2.75) is 63.3 Å². The van der Waals surface area contributed by atoms with Crippen molar-refractivity contribution in [3.63, 3.8) is 0 Å². The van der Waals surface area contributed by atoms with Crippen LogP contribution in [0.3, 0.4) is 0 Å². The number of thiocarbonyl (C=S) groups is 1. The zero-order valence-electron chi connectivity index (χ0n) is 16.5. The molecule has 1 aliphatic rings. The topological polar surface area (TPSA) is 90.5 Å².